The highest BCUT2D eigenvalue weighted by atomic mass is 16.1. The number of anilines is 2. The summed E-state index contributed by atoms with van der Waals surface area (Å²) in [5, 5.41) is 0. The third-order valence-electron chi connectivity index (χ3n) is 1.32. The van der Waals surface area contributed by atoms with Gasteiger partial charge in [0, 0.05) is 0 Å². The Kier molecular flexibility index (Phi) is 1.82. The van der Waals surface area contributed by atoms with E-state index in [2.05, 4.69) is 9.97 Å². The summed E-state index contributed by atoms with van der Waals surface area (Å²) >= 11 is 0. The molecule has 6 N–H and O–H groups in total. The third kappa shape index (κ3) is 1.26. The van der Waals surface area contributed by atoms with E-state index in [9.17, 15) is 4.79 Å². The Morgan fingerprint density at radius 1 is 1.25 bits per heavy atom. The van der Waals surface area contributed by atoms with Crippen molar-refractivity contribution in [1.82, 2.24) is 9.97 Å². The minimum atomic E-state index is -0.718. The normalized spacial score (nSPS) is 9.75. The molecule has 0 saturated heterocycles. The summed E-state index contributed by atoms with van der Waals surface area (Å²) in [5.41, 5.74) is 15.8. The summed E-state index contributed by atoms with van der Waals surface area (Å²) in [5.74, 6) is -0.264. The Hall–Kier alpha value is -1.85. The molecule has 0 saturated carbocycles. The molecule has 0 aliphatic heterocycles. The van der Waals surface area contributed by atoms with Gasteiger partial charge in [-0.2, -0.15) is 0 Å². The Bertz CT molecular complexity index is 312. The lowest BCUT2D eigenvalue weighted by molar-refractivity contribution is 0.100. The summed E-state index contributed by atoms with van der Waals surface area (Å²) in [6.45, 7) is 1.62. The Morgan fingerprint density at radius 2 is 1.67 bits per heavy atom. The largest absolute Gasteiger partial charge is 0.383 e. The molecule has 0 bridgehead atoms. The summed E-state index contributed by atoms with van der Waals surface area (Å²) in [6, 6.07) is 0. The number of nitrogens with two attached hydrogens (primary N) is 3. The van der Waals surface area contributed by atoms with E-state index in [0.717, 1.165) is 0 Å². The van der Waals surface area contributed by atoms with Gasteiger partial charge in [0.25, 0.3) is 5.91 Å². The number of hydrogen-bond donors (Lipinski definition) is 3. The van der Waals surface area contributed by atoms with Crippen LogP contribution in [0.1, 0.15) is 16.2 Å². The van der Waals surface area contributed by atoms with Crippen LogP contribution in [-0.4, -0.2) is 15.9 Å². The van der Waals surface area contributed by atoms with Crippen molar-refractivity contribution in [1.29, 1.82) is 0 Å². The van der Waals surface area contributed by atoms with E-state index in [4.69, 9.17) is 17.2 Å². The van der Waals surface area contributed by atoms with E-state index in [0.29, 0.717) is 5.82 Å². The quantitative estimate of drug-likeness (QED) is 0.497. The van der Waals surface area contributed by atoms with Crippen LogP contribution in [0, 0.1) is 6.92 Å². The highest BCUT2D eigenvalue weighted by molar-refractivity contribution is 6.01. The molecule has 12 heavy (non-hydrogen) atoms. The summed E-state index contributed by atoms with van der Waals surface area (Å²) in [6.07, 6.45) is 0. The molecule has 0 aromatic carbocycles. The summed E-state index contributed by atoms with van der Waals surface area (Å²) < 4.78 is 0. The number of aromatic nitrogens is 2. The molecule has 1 aromatic rings. The average molecular weight is 167 g/mol. The van der Waals surface area contributed by atoms with Gasteiger partial charge in [-0.3, -0.25) is 4.79 Å². The van der Waals surface area contributed by atoms with Gasteiger partial charge in [0.05, 0.1) is 0 Å². The van der Waals surface area contributed by atoms with Crippen molar-refractivity contribution in [2.75, 3.05) is 11.5 Å². The minimum Gasteiger partial charge on any atom is -0.383 e. The monoisotopic (exact) mass is 167 g/mol. The first kappa shape index (κ1) is 8.25. The van der Waals surface area contributed by atoms with Crippen molar-refractivity contribution in [3.63, 3.8) is 0 Å². The van der Waals surface area contributed by atoms with Crippen LogP contribution >= 0.6 is 0 Å². The maximum atomic E-state index is 10.7. The lowest BCUT2D eigenvalue weighted by Crippen LogP contribution is -2.18. The number of amides is 1. The predicted molar refractivity (Wildman–Crippen MR) is 44.1 cm³/mol. The maximum Gasteiger partial charge on any atom is 0.256 e. The van der Waals surface area contributed by atoms with Gasteiger partial charge in [0.15, 0.2) is 0 Å². The van der Waals surface area contributed by atoms with E-state index >= 15 is 0 Å². The second-order valence-corrected chi connectivity index (χ2v) is 2.28. The average Bonchev–Trinajstić information content (AvgIpc) is 1.82. The zero-order chi connectivity index (χ0) is 9.30. The van der Waals surface area contributed by atoms with Crippen LogP contribution < -0.4 is 17.2 Å². The van der Waals surface area contributed by atoms with E-state index in [1.54, 1.807) is 6.92 Å². The van der Waals surface area contributed by atoms with Crippen molar-refractivity contribution in [3.8, 4) is 0 Å². The molecular weight excluding hydrogens is 158 g/mol. The van der Waals surface area contributed by atoms with Crippen molar-refractivity contribution in [2.45, 2.75) is 6.92 Å². The van der Waals surface area contributed by atoms with Crippen LogP contribution in [0.15, 0.2) is 0 Å². The Morgan fingerprint density at radius 3 is 2.00 bits per heavy atom. The highest BCUT2D eigenvalue weighted by Crippen LogP contribution is 2.13. The second-order valence-electron chi connectivity index (χ2n) is 2.28. The number of primary amides is 1. The first-order valence-corrected chi connectivity index (χ1v) is 3.21. The van der Waals surface area contributed by atoms with Gasteiger partial charge in [-0.05, 0) is 6.92 Å². The van der Waals surface area contributed by atoms with E-state index < -0.39 is 5.91 Å². The molecule has 6 nitrogen and oxygen atoms in total. The lowest BCUT2D eigenvalue weighted by atomic mass is 10.2. The molecular formula is C6H9N5O. The fraction of sp³-hybridized carbons (Fsp3) is 0.167. The molecule has 0 aliphatic rings. The van der Waals surface area contributed by atoms with Gasteiger partial charge < -0.3 is 17.2 Å². The van der Waals surface area contributed by atoms with E-state index in [-0.39, 0.29) is 17.2 Å². The molecule has 1 amide bonds. The van der Waals surface area contributed by atoms with E-state index in [1.807, 2.05) is 0 Å². The van der Waals surface area contributed by atoms with Crippen molar-refractivity contribution in [2.24, 2.45) is 5.73 Å². The van der Waals surface area contributed by atoms with Gasteiger partial charge in [-0.15, -0.1) is 0 Å². The van der Waals surface area contributed by atoms with Crippen LogP contribution in [0.25, 0.3) is 0 Å². The number of nitrogens with zero attached hydrogens (tertiary/aromatic N) is 2. The minimum absolute atomic E-state index is 0.0133. The van der Waals surface area contributed by atoms with E-state index in [1.165, 1.54) is 0 Å². The van der Waals surface area contributed by atoms with Gasteiger partial charge in [0.2, 0.25) is 0 Å². The van der Waals surface area contributed by atoms with Crippen LogP contribution in [0.2, 0.25) is 0 Å². The molecule has 0 aliphatic carbocycles. The molecule has 0 spiro atoms. The Balaban J connectivity index is 3.38. The van der Waals surface area contributed by atoms with Crippen molar-refractivity contribution < 1.29 is 4.79 Å². The first-order valence-electron chi connectivity index (χ1n) is 3.21. The molecule has 0 atom stereocenters. The van der Waals surface area contributed by atoms with Crippen LogP contribution in [0.5, 0.6) is 0 Å². The predicted octanol–water partition coefficient (Wildman–Crippen LogP) is -0.952. The smallest absolute Gasteiger partial charge is 0.256 e. The van der Waals surface area contributed by atoms with Gasteiger partial charge in [0.1, 0.15) is 23.0 Å². The van der Waals surface area contributed by atoms with Gasteiger partial charge >= 0.3 is 0 Å². The van der Waals surface area contributed by atoms with Crippen molar-refractivity contribution in [3.05, 3.63) is 11.4 Å². The maximum absolute atomic E-state index is 10.7. The standard InChI is InChI=1S/C6H9N5O/c1-2-10-4(7)3(6(9)12)5(8)11-2/h1H3,(H2,9,12)(H4,7,8,10,11). The van der Waals surface area contributed by atoms with Gasteiger partial charge in [-0.25, -0.2) is 9.97 Å². The number of rotatable bonds is 1. The molecule has 0 radical (unpaired) electrons. The van der Waals surface area contributed by atoms with Crippen LogP contribution in [0.3, 0.4) is 0 Å². The topological polar surface area (TPSA) is 121 Å². The zero-order valence-electron chi connectivity index (χ0n) is 6.53. The number of hydrogen-bond acceptors (Lipinski definition) is 5. The van der Waals surface area contributed by atoms with Crippen LogP contribution in [-0.2, 0) is 0 Å². The Labute approximate surface area is 68.8 Å². The fourth-order valence-electron chi connectivity index (χ4n) is 0.869. The molecule has 1 heterocycles. The fourth-order valence-corrected chi connectivity index (χ4v) is 0.869. The van der Waals surface area contributed by atoms with Crippen LogP contribution in [0.4, 0.5) is 11.6 Å². The number of aryl methyl sites for hydroxylation is 1. The van der Waals surface area contributed by atoms with Gasteiger partial charge in [-0.1, -0.05) is 0 Å². The SMILES string of the molecule is Cc1nc(N)c(C(N)=O)c(N)n1. The molecule has 0 fully saturated rings. The second kappa shape index (κ2) is 2.65. The highest BCUT2D eigenvalue weighted by Gasteiger charge is 2.12. The first-order chi connectivity index (χ1) is 5.52. The summed E-state index contributed by atoms with van der Waals surface area (Å²) in [4.78, 5) is 18.2. The third-order valence-corrected chi connectivity index (χ3v) is 1.32. The molecule has 1 rings (SSSR count). The molecule has 1 aromatic heterocycles. The molecule has 6 heteroatoms. The van der Waals surface area contributed by atoms with Crippen molar-refractivity contribution >= 4 is 17.5 Å². The molecule has 64 valence electrons. The number of carbonyl (C=O) groups excluding carboxylic acids is 1. The number of nitrogen functional groups attached to an aromatic ring is 2. The zero-order valence-corrected chi connectivity index (χ0v) is 6.53. The summed E-state index contributed by atoms with van der Waals surface area (Å²) in [7, 11) is 0. The lowest BCUT2D eigenvalue weighted by Gasteiger charge is -2.03. The number of carbonyl (C=O) groups is 1. The molecule has 0 unspecified atom stereocenters.